The summed E-state index contributed by atoms with van der Waals surface area (Å²) in [5, 5.41) is 5.45. The van der Waals surface area contributed by atoms with E-state index in [0.717, 1.165) is 25.9 Å². The lowest BCUT2D eigenvalue weighted by molar-refractivity contribution is -0.123. The van der Waals surface area contributed by atoms with Crippen LogP contribution >= 0.6 is 0 Å². The Morgan fingerprint density at radius 2 is 1.63 bits per heavy atom. The fourth-order valence-electron chi connectivity index (χ4n) is 3.22. The summed E-state index contributed by atoms with van der Waals surface area (Å²) in [6.07, 6.45) is 3.43. The van der Waals surface area contributed by atoms with E-state index in [1.165, 1.54) is 27.8 Å². The molecule has 0 saturated carbocycles. The van der Waals surface area contributed by atoms with E-state index in [1.54, 1.807) is 19.2 Å². The lowest BCUT2D eigenvalue weighted by Crippen LogP contribution is -2.52. The van der Waals surface area contributed by atoms with Crippen molar-refractivity contribution in [3.63, 3.8) is 0 Å². The van der Waals surface area contributed by atoms with Gasteiger partial charge in [-0.25, -0.2) is 0 Å². The first-order valence-corrected chi connectivity index (χ1v) is 9.08. The van der Waals surface area contributed by atoms with Crippen molar-refractivity contribution in [1.82, 2.24) is 15.5 Å². The first kappa shape index (κ1) is 20.8. The lowest BCUT2D eigenvalue weighted by atomic mass is 10.1. The zero-order chi connectivity index (χ0) is 19.8. The van der Waals surface area contributed by atoms with Gasteiger partial charge in [-0.3, -0.25) is 9.59 Å². The number of methoxy groups -OCH3 is 3. The minimum atomic E-state index is -0.639. The predicted molar refractivity (Wildman–Crippen MR) is 102 cm³/mol. The number of carbonyl (C=O) groups excluding carboxylic acids is 2. The smallest absolute Gasteiger partial charge is 0.252 e. The Hall–Kier alpha value is -2.48. The highest BCUT2D eigenvalue weighted by Crippen LogP contribution is 2.38. The largest absolute Gasteiger partial charge is 0.493 e. The highest BCUT2D eigenvalue weighted by atomic mass is 16.5. The van der Waals surface area contributed by atoms with E-state index in [0.29, 0.717) is 29.4 Å². The number of nitrogens with one attached hydrogen (secondary N) is 2. The Balaban J connectivity index is 2.19. The Morgan fingerprint density at radius 1 is 1.04 bits per heavy atom. The molecule has 0 aromatic heterocycles. The number of ether oxygens (including phenoxy) is 3. The molecule has 1 aliphatic rings. The molecule has 0 aliphatic carbocycles. The summed E-state index contributed by atoms with van der Waals surface area (Å²) in [5.74, 6) is 0.581. The second-order valence-electron chi connectivity index (χ2n) is 6.42. The van der Waals surface area contributed by atoms with Crippen molar-refractivity contribution >= 4 is 11.8 Å². The first-order chi connectivity index (χ1) is 13.0. The van der Waals surface area contributed by atoms with Gasteiger partial charge < -0.3 is 29.7 Å². The van der Waals surface area contributed by atoms with E-state index >= 15 is 0 Å². The van der Waals surface area contributed by atoms with Gasteiger partial charge in [0, 0.05) is 19.2 Å². The van der Waals surface area contributed by atoms with Crippen LogP contribution in [0.4, 0.5) is 0 Å². The van der Waals surface area contributed by atoms with Gasteiger partial charge in [0.05, 0.1) is 21.3 Å². The van der Waals surface area contributed by atoms with Gasteiger partial charge in [-0.2, -0.15) is 0 Å². The molecule has 1 saturated heterocycles. The van der Waals surface area contributed by atoms with E-state index < -0.39 is 6.04 Å². The average molecular weight is 379 g/mol. The van der Waals surface area contributed by atoms with Crippen molar-refractivity contribution in [3.8, 4) is 17.2 Å². The molecule has 1 atom stereocenters. The van der Waals surface area contributed by atoms with E-state index in [-0.39, 0.29) is 11.8 Å². The number of benzene rings is 1. The summed E-state index contributed by atoms with van der Waals surface area (Å²) < 4.78 is 15.9. The van der Waals surface area contributed by atoms with Crippen LogP contribution in [0, 0.1) is 0 Å². The standard InChI is InChI=1S/C19H29N3O5/c1-20-19(24)14(12-22-8-6-5-7-9-22)21-18(23)13-10-15(25-2)17(27-4)16(11-13)26-3/h10-11,14H,5-9,12H2,1-4H3,(H,20,24)(H,21,23). The van der Waals surface area contributed by atoms with Crippen LogP contribution in [0.2, 0.25) is 0 Å². The lowest BCUT2D eigenvalue weighted by Gasteiger charge is -2.30. The Labute approximate surface area is 160 Å². The molecule has 2 N–H and O–H groups in total. The van der Waals surface area contributed by atoms with Crippen LogP contribution in [0.1, 0.15) is 29.6 Å². The van der Waals surface area contributed by atoms with Crippen molar-refractivity contribution < 1.29 is 23.8 Å². The SMILES string of the molecule is CNC(=O)C(CN1CCCCC1)NC(=O)c1cc(OC)c(OC)c(OC)c1. The third kappa shape index (κ3) is 5.26. The van der Waals surface area contributed by atoms with Gasteiger partial charge in [0.2, 0.25) is 11.7 Å². The number of nitrogens with zero attached hydrogens (tertiary/aromatic N) is 1. The maximum Gasteiger partial charge on any atom is 0.252 e. The van der Waals surface area contributed by atoms with Gasteiger partial charge in [0.15, 0.2) is 11.5 Å². The first-order valence-electron chi connectivity index (χ1n) is 9.08. The van der Waals surface area contributed by atoms with Gasteiger partial charge in [-0.15, -0.1) is 0 Å². The fourth-order valence-corrected chi connectivity index (χ4v) is 3.22. The molecule has 2 rings (SSSR count). The summed E-state index contributed by atoms with van der Waals surface area (Å²) in [7, 11) is 6.04. The number of hydrogen-bond donors (Lipinski definition) is 2. The van der Waals surface area contributed by atoms with Crippen molar-refractivity contribution in [2.75, 3.05) is 48.0 Å². The molecule has 8 nitrogen and oxygen atoms in total. The maximum absolute atomic E-state index is 12.8. The van der Waals surface area contributed by atoms with E-state index in [1.807, 2.05) is 0 Å². The number of hydrogen-bond acceptors (Lipinski definition) is 6. The molecular weight excluding hydrogens is 350 g/mol. The van der Waals surface area contributed by atoms with E-state index in [2.05, 4.69) is 15.5 Å². The molecule has 1 aliphatic heterocycles. The van der Waals surface area contributed by atoms with Crippen molar-refractivity contribution in [3.05, 3.63) is 17.7 Å². The third-order valence-corrected chi connectivity index (χ3v) is 4.68. The molecule has 0 spiro atoms. The second-order valence-corrected chi connectivity index (χ2v) is 6.42. The number of rotatable bonds is 8. The highest BCUT2D eigenvalue weighted by Gasteiger charge is 2.25. The summed E-state index contributed by atoms with van der Waals surface area (Å²) in [4.78, 5) is 27.3. The molecule has 1 aromatic carbocycles. The molecule has 8 heteroatoms. The molecular formula is C19H29N3O5. The zero-order valence-corrected chi connectivity index (χ0v) is 16.5. The highest BCUT2D eigenvalue weighted by molar-refractivity contribution is 5.98. The minimum absolute atomic E-state index is 0.221. The molecule has 1 heterocycles. The van der Waals surface area contributed by atoms with Crippen LogP contribution in [0.5, 0.6) is 17.2 Å². The van der Waals surface area contributed by atoms with Crippen molar-refractivity contribution in [1.29, 1.82) is 0 Å². The summed E-state index contributed by atoms with van der Waals surface area (Å²) in [6, 6.07) is 2.50. The number of piperidine rings is 1. The molecule has 1 fully saturated rings. The summed E-state index contributed by atoms with van der Waals surface area (Å²) in [5.41, 5.74) is 0.331. The average Bonchev–Trinajstić information content (AvgIpc) is 2.71. The summed E-state index contributed by atoms with van der Waals surface area (Å²) in [6.45, 7) is 2.36. The van der Waals surface area contributed by atoms with Crippen LogP contribution < -0.4 is 24.8 Å². The number of amides is 2. The molecule has 1 aromatic rings. The van der Waals surface area contributed by atoms with E-state index in [9.17, 15) is 9.59 Å². The molecule has 1 unspecified atom stereocenters. The molecule has 27 heavy (non-hydrogen) atoms. The monoisotopic (exact) mass is 379 g/mol. The van der Waals surface area contributed by atoms with E-state index in [4.69, 9.17) is 14.2 Å². The van der Waals surface area contributed by atoms with Crippen LogP contribution in [0.3, 0.4) is 0 Å². The van der Waals surface area contributed by atoms with Crippen molar-refractivity contribution in [2.24, 2.45) is 0 Å². The number of likely N-dealkylation sites (tertiary alicyclic amines) is 1. The van der Waals surface area contributed by atoms with Crippen LogP contribution in [0.15, 0.2) is 12.1 Å². The Kier molecular flexibility index (Phi) is 7.72. The van der Waals surface area contributed by atoms with Gasteiger partial charge in [0.25, 0.3) is 5.91 Å². The fraction of sp³-hybridized carbons (Fsp3) is 0.579. The normalized spacial score (nSPS) is 15.6. The van der Waals surface area contributed by atoms with Crippen molar-refractivity contribution in [2.45, 2.75) is 25.3 Å². The quantitative estimate of drug-likeness (QED) is 0.702. The minimum Gasteiger partial charge on any atom is -0.493 e. The van der Waals surface area contributed by atoms with Crippen LogP contribution in [-0.4, -0.2) is 70.8 Å². The Morgan fingerprint density at radius 3 is 2.11 bits per heavy atom. The molecule has 2 amide bonds. The zero-order valence-electron chi connectivity index (χ0n) is 16.5. The van der Waals surface area contributed by atoms with Crippen LogP contribution in [-0.2, 0) is 4.79 Å². The maximum atomic E-state index is 12.8. The number of carbonyl (C=O) groups is 2. The summed E-state index contributed by atoms with van der Waals surface area (Å²) >= 11 is 0. The molecule has 150 valence electrons. The Bertz CT molecular complexity index is 634. The van der Waals surface area contributed by atoms with Gasteiger partial charge in [-0.1, -0.05) is 6.42 Å². The van der Waals surface area contributed by atoms with Crippen LogP contribution in [0.25, 0.3) is 0 Å². The number of likely N-dealkylation sites (N-methyl/N-ethyl adjacent to an activating group) is 1. The van der Waals surface area contributed by atoms with Gasteiger partial charge >= 0.3 is 0 Å². The van der Waals surface area contributed by atoms with Gasteiger partial charge in [-0.05, 0) is 38.1 Å². The molecule has 0 radical (unpaired) electrons. The second kappa shape index (κ2) is 10.0. The van der Waals surface area contributed by atoms with Gasteiger partial charge in [0.1, 0.15) is 6.04 Å². The third-order valence-electron chi connectivity index (χ3n) is 4.68. The molecule has 0 bridgehead atoms. The predicted octanol–water partition coefficient (Wildman–Crippen LogP) is 1.04. The topological polar surface area (TPSA) is 89.1 Å².